The summed E-state index contributed by atoms with van der Waals surface area (Å²) in [6.07, 6.45) is 0. The quantitative estimate of drug-likeness (QED) is 0.210. The van der Waals surface area contributed by atoms with Gasteiger partial charge in [0, 0.05) is 45.1 Å². The molecule has 4 aromatic rings. The number of methoxy groups -OCH3 is 2. The first kappa shape index (κ1) is 28.7. The van der Waals surface area contributed by atoms with Gasteiger partial charge in [-0.15, -0.1) is 0 Å². The van der Waals surface area contributed by atoms with Crippen LogP contribution in [0.25, 0.3) is 21.9 Å². The fourth-order valence-corrected chi connectivity index (χ4v) is 8.17. The molecule has 3 N–H and O–H groups in total. The summed E-state index contributed by atoms with van der Waals surface area (Å²) in [6.45, 7) is 3.66. The van der Waals surface area contributed by atoms with Crippen molar-refractivity contribution in [2.45, 2.75) is 29.5 Å². The number of rotatable bonds is 7. The van der Waals surface area contributed by atoms with E-state index in [2.05, 4.69) is 5.32 Å². The maximum atomic E-state index is 13.8. The first-order chi connectivity index (χ1) is 19.5. The first-order valence-corrected chi connectivity index (χ1v) is 15.0. The number of hydrogen-bond donors (Lipinski definition) is 3. The molecule has 41 heavy (non-hydrogen) atoms. The van der Waals surface area contributed by atoms with Crippen molar-refractivity contribution in [3.05, 3.63) is 60.2 Å². The van der Waals surface area contributed by atoms with Crippen LogP contribution in [0.2, 0.25) is 0 Å². The molecule has 0 spiro atoms. The number of nitrogens with one attached hydrogen (secondary N) is 2. The van der Waals surface area contributed by atoms with Crippen LogP contribution in [0.5, 0.6) is 11.5 Å². The van der Waals surface area contributed by atoms with Crippen molar-refractivity contribution in [1.29, 1.82) is 0 Å². The lowest BCUT2D eigenvalue weighted by Crippen LogP contribution is -2.61. The van der Waals surface area contributed by atoms with Gasteiger partial charge in [0.1, 0.15) is 17.2 Å². The summed E-state index contributed by atoms with van der Waals surface area (Å²) in [5.74, 6) is 0.274. The number of carbonyl (C=O) groups is 2. The van der Waals surface area contributed by atoms with E-state index in [0.29, 0.717) is 50.4 Å². The SMILES string of the molecule is COc1ccc(C(=O)Nc2ccc3c(c2)oc2ccc(S(=O)(=O)N4CCSC(C)(C)C4C(=O)NO)cc23)cc1OC. The zero-order valence-corrected chi connectivity index (χ0v) is 24.4. The number of carbonyl (C=O) groups excluding carboxylic acids is 2. The van der Waals surface area contributed by atoms with E-state index in [1.165, 1.54) is 38.1 Å². The van der Waals surface area contributed by atoms with Crippen molar-refractivity contribution in [3.63, 3.8) is 0 Å². The van der Waals surface area contributed by atoms with Gasteiger partial charge in [0.05, 0.1) is 19.1 Å². The third-order valence-corrected chi connectivity index (χ3v) is 10.3. The van der Waals surface area contributed by atoms with Crippen LogP contribution in [0, 0.1) is 0 Å². The Morgan fingerprint density at radius 3 is 2.46 bits per heavy atom. The van der Waals surface area contributed by atoms with Crippen LogP contribution in [0.3, 0.4) is 0 Å². The average Bonchev–Trinajstić information content (AvgIpc) is 3.32. The number of furan rings is 1. The van der Waals surface area contributed by atoms with E-state index >= 15 is 0 Å². The van der Waals surface area contributed by atoms with Gasteiger partial charge in [0.25, 0.3) is 11.8 Å². The first-order valence-electron chi connectivity index (χ1n) is 12.6. The molecular weight excluding hydrogens is 570 g/mol. The zero-order valence-electron chi connectivity index (χ0n) is 22.8. The second kappa shape index (κ2) is 10.9. The van der Waals surface area contributed by atoms with E-state index in [-0.39, 0.29) is 17.3 Å². The Balaban J connectivity index is 1.46. The minimum absolute atomic E-state index is 0.00280. The number of hydrogen-bond acceptors (Lipinski definition) is 9. The lowest BCUT2D eigenvalue weighted by molar-refractivity contribution is -0.134. The van der Waals surface area contributed by atoms with Gasteiger partial charge in [-0.05, 0) is 62.4 Å². The molecule has 1 fully saturated rings. The zero-order chi connectivity index (χ0) is 29.5. The molecule has 1 aliphatic rings. The predicted molar refractivity (Wildman–Crippen MR) is 155 cm³/mol. The average molecular weight is 600 g/mol. The normalized spacial score (nSPS) is 17.3. The number of nitrogens with zero attached hydrogens (tertiary/aromatic N) is 1. The summed E-state index contributed by atoms with van der Waals surface area (Å²) in [7, 11) is -1.11. The Labute approximate surface area is 240 Å². The molecule has 11 nitrogen and oxygen atoms in total. The molecule has 216 valence electrons. The number of anilines is 1. The summed E-state index contributed by atoms with van der Waals surface area (Å²) >= 11 is 1.47. The van der Waals surface area contributed by atoms with E-state index in [1.54, 1.807) is 61.8 Å². The van der Waals surface area contributed by atoms with Crippen LogP contribution < -0.4 is 20.3 Å². The smallest absolute Gasteiger partial charge is 0.263 e. The monoisotopic (exact) mass is 599 g/mol. The number of fused-ring (bicyclic) bond motifs is 3. The number of sulfonamides is 1. The van der Waals surface area contributed by atoms with Gasteiger partial charge in [-0.25, -0.2) is 13.9 Å². The van der Waals surface area contributed by atoms with E-state index < -0.39 is 26.7 Å². The Morgan fingerprint density at radius 2 is 1.76 bits per heavy atom. The highest BCUT2D eigenvalue weighted by Crippen LogP contribution is 2.39. The molecule has 2 heterocycles. The highest BCUT2D eigenvalue weighted by Gasteiger charge is 2.48. The molecule has 1 saturated heterocycles. The highest BCUT2D eigenvalue weighted by molar-refractivity contribution is 8.01. The summed E-state index contributed by atoms with van der Waals surface area (Å²) < 4.78 is 44.4. The Morgan fingerprint density at radius 1 is 1.00 bits per heavy atom. The number of hydroxylamine groups is 1. The summed E-state index contributed by atoms with van der Waals surface area (Å²) in [5.41, 5.74) is 3.38. The van der Waals surface area contributed by atoms with Crippen LogP contribution in [0.15, 0.2) is 63.9 Å². The molecular formula is C28H29N3O8S2. The minimum Gasteiger partial charge on any atom is -0.493 e. The molecule has 0 bridgehead atoms. The molecule has 1 aromatic heterocycles. The fraction of sp³-hybridized carbons (Fsp3) is 0.286. The minimum atomic E-state index is -4.11. The third-order valence-electron chi connectivity index (χ3n) is 7.04. The van der Waals surface area contributed by atoms with E-state index in [4.69, 9.17) is 13.9 Å². The molecule has 1 atom stereocenters. The number of amides is 2. The van der Waals surface area contributed by atoms with Crippen molar-refractivity contribution >= 4 is 61.2 Å². The Hall–Kier alpha value is -3.78. The summed E-state index contributed by atoms with van der Waals surface area (Å²) in [5, 5.41) is 13.4. The standard InChI is InChI=1S/C28H29N3O8S2/c1-28(2)25(27(33)30-34)31(11-12-40-28)41(35,36)18-7-10-21-20(15-18)19-8-6-17(14-23(19)39-21)29-26(32)16-5-9-22(37-3)24(13-16)38-4/h5-10,13-15,25,34H,11-12H2,1-4H3,(H,29,32)(H,30,33). The van der Waals surface area contributed by atoms with Crippen LogP contribution in [0.4, 0.5) is 5.69 Å². The lowest BCUT2D eigenvalue weighted by Gasteiger charge is -2.43. The van der Waals surface area contributed by atoms with Gasteiger partial charge in [-0.2, -0.15) is 16.1 Å². The van der Waals surface area contributed by atoms with Crippen LogP contribution >= 0.6 is 11.8 Å². The topological polar surface area (TPSA) is 147 Å². The molecule has 5 rings (SSSR count). The molecule has 0 saturated carbocycles. The van der Waals surface area contributed by atoms with Crippen LogP contribution in [0.1, 0.15) is 24.2 Å². The molecule has 13 heteroatoms. The van der Waals surface area contributed by atoms with Gasteiger partial charge >= 0.3 is 0 Å². The maximum Gasteiger partial charge on any atom is 0.263 e. The lowest BCUT2D eigenvalue weighted by atomic mass is 10.0. The number of thioether (sulfide) groups is 1. The summed E-state index contributed by atoms with van der Waals surface area (Å²) in [4.78, 5) is 25.4. The van der Waals surface area contributed by atoms with Crippen molar-refractivity contribution in [2.24, 2.45) is 0 Å². The molecule has 2 amide bonds. The molecule has 3 aromatic carbocycles. The third kappa shape index (κ3) is 5.21. The van der Waals surface area contributed by atoms with Crippen molar-refractivity contribution in [2.75, 3.05) is 31.8 Å². The van der Waals surface area contributed by atoms with Crippen LogP contribution in [-0.4, -0.2) is 67.1 Å². The highest BCUT2D eigenvalue weighted by atomic mass is 32.2. The number of benzene rings is 3. The van der Waals surface area contributed by atoms with Crippen molar-refractivity contribution in [1.82, 2.24) is 9.79 Å². The largest absolute Gasteiger partial charge is 0.493 e. The molecule has 1 aliphatic heterocycles. The second-order valence-corrected chi connectivity index (χ2v) is 13.6. The molecule has 0 radical (unpaired) electrons. The van der Waals surface area contributed by atoms with E-state index in [0.717, 1.165) is 4.31 Å². The van der Waals surface area contributed by atoms with Crippen LogP contribution in [-0.2, 0) is 14.8 Å². The summed E-state index contributed by atoms with van der Waals surface area (Å²) in [6, 6.07) is 13.3. The van der Waals surface area contributed by atoms with Gasteiger partial charge in [0.15, 0.2) is 11.5 Å². The van der Waals surface area contributed by atoms with Gasteiger partial charge < -0.3 is 19.2 Å². The second-order valence-electron chi connectivity index (χ2n) is 9.94. The van der Waals surface area contributed by atoms with Gasteiger partial charge in [-0.1, -0.05) is 0 Å². The van der Waals surface area contributed by atoms with Crippen molar-refractivity contribution < 1.29 is 37.1 Å². The van der Waals surface area contributed by atoms with Gasteiger partial charge in [0.2, 0.25) is 10.0 Å². The predicted octanol–water partition coefficient (Wildman–Crippen LogP) is 4.25. The fourth-order valence-electron chi connectivity index (χ4n) is 5.03. The molecule has 1 unspecified atom stereocenters. The van der Waals surface area contributed by atoms with E-state index in [9.17, 15) is 23.2 Å². The Kier molecular flexibility index (Phi) is 7.64. The number of ether oxygens (including phenoxy) is 2. The van der Waals surface area contributed by atoms with Crippen molar-refractivity contribution in [3.8, 4) is 11.5 Å². The van der Waals surface area contributed by atoms with E-state index in [1.807, 2.05) is 0 Å². The van der Waals surface area contributed by atoms with Gasteiger partial charge in [-0.3, -0.25) is 14.8 Å². The Bertz CT molecular complexity index is 1770. The maximum absolute atomic E-state index is 13.8. The molecule has 0 aliphatic carbocycles.